The van der Waals surface area contributed by atoms with Gasteiger partial charge < -0.3 is 19.3 Å². The Hall–Kier alpha value is -0.810. The van der Waals surface area contributed by atoms with E-state index >= 15 is 0 Å². The molecule has 0 aromatic heterocycles. The van der Waals surface area contributed by atoms with Crippen molar-refractivity contribution in [3.8, 4) is 0 Å². The Balaban J connectivity index is 2.37. The SMILES string of the molecule is CCOCCN(C)CC1CCN(C(=O)OC(C)(C)C)C(C)C1. The smallest absolute Gasteiger partial charge is 0.410 e. The molecule has 0 aliphatic carbocycles. The van der Waals surface area contributed by atoms with Crippen LogP contribution in [-0.4, -0.2) is 67.4 Å². The lowest BCUT2D eigenvalue weighted by Crippen LogP contribution is -2.48. The predicted molar refractivity (Wildman–Crippen MR) is 89.1 cm³/mol. The second-order valence-electron chi connectivity index (χ2n) is 7.37. The number of likely N-dealkylation sites (N-methyl/N-ethyl adjacent to an activating group) is 1. The molecule has 0 bridgehead atoms. The van der Waals surface area contributed by atoms with Gasteiger partial charge in [0, 0.05) is 32.3 Å². The zero-order chi connectivity index (χ0) is 16.8. The van der Waals surface area contributed by atoms with Crippen molar-refractivity contribution >= 4 is 6.09 Å². The van der Waals surface area contributed by atoms with E-state index in [1.807, 2.05) is 32.6 Å². The summed E-state index contributed by atoms with van der Waals surface area (Å²) in [5.74, 6) is 0.639. The first-order valence-electron chi connectivity index (χ1n) is 8.48. The minimum atomic E-state index is -0.423. The normalized spacial score (nSPS) is 23.0. The highest BCUT2D eigenvalue weighted by atomic mass is 16.6. The van der Waals surface area contributed by atoms with Crippen molar-refractivity contribution in [2.45, 2.75) is 59.1 Å². The van der Waals surface area contributed by atoms with E-state index in [0.29, 0.717) is 5.92 Å². The topological polar surface area (TPSA) is 42.0 Å². The van der Waals surface area contributed by atoms with Crippen molar-refractivity contribution in [1.82, 2.24) is 9.80 Å². The maximum absolute atomic E-state index is 12.2. The first-order valence-corrected chi connectivity index (χ1v) is 8.48. The molecule has 5 heteroatoms. The number of amides is 1. The molecule has 2 atom stereocenters. The zero-order valence-electron chi connectivity index (χ0n) is 15.2. The minimum absolute atomic E-state index is 0.178. The number of piperidine rings is 1. The standard InChI is InChI=1S/C17H34N2O3/c1-7-21-11-10-18(6)13-15-8-9-19(14(2)12-15)16(20)22-17(3,4)5/h14-15H,7-13H2,1-6H3. The Morgan fingerprint density at radius 2 is 2.05 bits per heavy atom. The van der Waals surface area contributed by atoms with E-state index in [1.165, 1.54) is 0 Å². The van der Waals surface area contributed by atoms with E-state index in [1.54, 1.807) is 0 Å². The average Bonchev–Trinajstić information content (AvgIpc) is 2.36. The summed E-state index contributed by atoms with van der Waals surface area (Å²) in [7, 11) is 2.14. The summed E-state index contributed by atoms with van der Waals surface area (Å²) >= 11 is 0. The van der Waals surface area contributed by atoms with Crippen LogP contribution in [0.5, 0.6) is 0 Å². The van der Waals surface area contributed by atoms with E-state index in [2.05, 4.69) is 18.9 Å². The van der Waals surface area contributed by atoms with Gasteiger partial charge in [0.1, 0.15) is 5.60 Å². The molecule has 0 N–H and O–H groups in total. The highest BCUT2D eigenvalue weighted by molar-refractivity contribution is 5.68. The Morgan fingerprint density at radius 3 is 2.59 bits per heavy atom. The molecule has 1 aliphatic heterocycles. The van der Waals surface area contributed by atoms with Crippen LogP contribution in [-0.2, 0) is 9.47 Å². The van der Waals surface area contributed by atoms with Crippen LogP contribution in [0.4, 0.5) is 4.79 Å². The summed E-state index contributed by atoms with van der Waals surface area (Å²) in [5, 5.41) is 0. The number of rotatable bonds is 6. The zero-order valence-corrected chi connectivity index (χ0v) is 15.2. The largest absolute Gasteiger partial charge is 0.444 e. The Morgan fingerprint density at radius 1 is 1.36 bits per heavy atom. The lowest BCUT2D eigenvalue weighted by atomic mass is 9.91. The fourth-order valence-corrected chi connectivity index (χ4v) is 2.92. The number of hydrogen-bond donors (Lipinski definition) is 0. The molecule has 0 aromatic carbocycles. The van der Waals surface area contributed by atoms with Crippen LogP contribution in [0.25, 0.3) is 0 Å². The van der Waals surface area contributed by atoms with E-state index in [-0.39, 0.29) is 12.1 Å². The van der Waals surface area contributed by atoms with Gasteiger partial charge in [-0.15, -0.1) is 0 Å². The summed E-state index contributed by atoms with van der Waals surface area (Å²) in [4.78, 5) is 16.4. The molecule has 1 heterocycles. The molecule has 1 rings (SSSR count). The molecule has 2 unspecified atom stereocenters. The molecule has 0 saturated carbocycles. The van der Waals surface area contributed by atoms with Gasteiger partial charge in [0.25, 0.3) is 0 Å². The van der Waals surface area contributed by atoms with E-state index in [4.69, 9.17) is 9.47 Å². The second kappa shape index (κ2) is 8.73. The summed E-state index contributed by atoms with van der Waals surface area (Å²) in [6, 6.07) is 0.244. The molecule has 1 saturated heterocycles. The van der Waals surface area contributed by atoms with Crippen LogP contribution in [0.15, 0.2) is 0 Å². The Kier molecular flexibility index (Phi) is 7.63. The first-order chi connectivity index (χ1) is 10.2. The molecule has 1 amide bonds. The summed E-state index contributed by atoms with van der Waals surface area (Å²) in [6.45, 7) is 14.3. The maximum Gasteiger partial charge on any atom is 0.410 e. The molecule has 0 spiro atoms. The van der Waals surface area contributed by atoms with Gasteiger partial charge in [-0.25, -0.2) is 4.79 Å². The van der Waals surface area contributed by atoms with E-state index in [0.717, 1.165) is 45.7 Å². The number of carbonyl (C=O) groups excluding carboxylic acids is 1. The van der Waals surface area contributed by atoms with Crippen LogP contribution in [0.2, 0.25) is 0 Å². The summed E-state index contributed by atoms with van der Waals surface area (Å²) in [5.41, 5.74) is -0.423. The van der Waals surface area contributed by atoms with Gasteiger partial charge in [0.05, 0.1) is 6.61 Å². The van der Waals surface area contributed by atoms with Crippen LogP contribution in [0, 0.1) is 5.92 Å². The fraction of sp³-hybridized carbons (Fsp3) is 0.941. The van der Waals surface area contributed by atoms with Crippen molar-refractivity contribution in [2.24, 2.45) is 5.92 Å². The molecule has 1 aliphatic rings. The van der Waals surface area contributed by atoms with Crippen molar-refractivity contribution in [1.29, 1.82) is 0 Å². The van der Waals surface area contributed by atoms with E-state index in [9.17, 15) is 4.79 Å². The Labute approximate surface area is 135 Å². The molecule has 130 valence electrons. The van der Waals surface area contributed by atoms with Gasteiger partial charge in [-0.2, -0.15) is 0 Å². The molecule has 1 fully saturated rings. The fourth-order valence-electron chi connectivity index (χ4n) is 2.92. The van der Waals surface area contributed by atoms with Gasteiger partial charge in [-0.1, -0.05) is 0 Å². The lowest BCUT2D eigenvalue weighted by Gasteiger charge is -2.39. The average molecular weight is 314 g/mol. The van der Waals surface area contributed by atoms with Gasteiger partial charge in [0.15, 0.2) is 0 Å². The van der Waals surface area contributed by atoms with Crippen molar-refractivity contribution in [2.75, 3.05) is 39.9 Å². The molecular formula is C17H34N2O3. The number of nitrogens with zero attached hydrogens (tertiary/aromatic N) is 2. The maximum atomic E-state index is 12.2. The van der Waals surface area contributed by atoms with Gasteiger partial charge in [-0.05, 0) is 60.4 Å². The Bertz CT molecular complexity index is 341. The molecular weight excluding hydrogens is 280 g/mol. The highest BCUT2D eigenvalue weighted by Crippen LogP contribution is 2.25. The first kappa shape index (κ1) is 19.2. The molecule has 0 aromatic rings. The second-order valence-corrected chi connectivity index (χ2v) is 7.37. The number of likely N-dealkylation sites (tertiary alicyclic amines) is 1. The van der Waals surface area contributed by atoms with Crippen molar-refractivity contribution < 1.29 is 14.3 Å². The molecule has 22 heavy (non-hydrogen) atoms. The van der Waals surface area contributed by atoms with Crippen molar-refractivity contribution in [3.63, 3.8) is 0 Å². The lowest BCUT2D eigenvalue weighted by molar-refractivity contribution is 0.00515. The summed E-state index contributed by atoms with van der Waals surface area (Å²) < 4.78 is 10.9. The van der Waals surface area contributed by atoms with Crippen LogP contribution >= 0.6 is 0 Å². The predicted octanol–water partition coefficient (Wildman–Crippen LogP) is 2.99. The van der Waals surface area contributed by atoms with Gasteiger partial charge >= 0.3 is 6.09 Å². The number of ether oxygens (including phenoxy) is 2. The van der Waals surface area contributed by atoms with Gasteiger partial charge in [0.2, 0.25) is 0 Å². The number of carbonyl (C=O) groups is 1. The molecule has 5 nitrogen and oxygen atoms in total. The number of hydrogen-bond acceptors (Lipinski definition) is 4. The third-order valence-electron chi connectivity index (χ3n) is 4.00. The van der Waals surface area contributed by atoms with Crippen molar-refractivity contribution in [3.05, 3.63) is 0 Å². The quantitative estimate of drug-likeness (QED) is 0.707. The summed E-state index contributed by atoms with van der Waals surface area (Å²) in [6.07, 6.45) is 1.91. The molecule has 0 radical (unpaired) electrons. The van der Waals surface area contributed by atoms with E-state index < -0.39 is 5.60 Å². The third-order valence-corrected chi connectivity index (χ3v) is 4.00. The van der Waals surface area contributed by atoms with Crippen LogP contribution < -0.4 is 0 Å². The third kappa shape index (κ3) is 6.97. The highest BCUT2D eigenvalue weighted by Gasteiger charge is 2.31. The monoisotopic (exact) mass is 314 g/mol. The van der Waals surface area contributed by atoms with Crippen LogP contribution in [0.1, 0.15) is 47.5 Å². The van der Waals surface area contributed by atoms with Crippen LogP contribution in [0.3, 0.4) is 0 Å². The van der Waals surface area contributed by atoms with Gasteiger partial charge in [-0.3, -0.25) is 0 Å². The minimum Gasteiger partial charge on any atom is -0.444 e.